The van der Waals surface area contributed by atoms with Gasteiger partial charge in [0.2, 0.25) is 5.91 Å². The van der Waals surface area contributed by atoms with Gasteiger partial charge in [0.1, 0.15) is 11.6 Å². The summed E-state index contributed by atoms with van der Waals surface area (Å²) in [7, 11) is 3.01. The van der Waals surface area contributed by atoms with Crippen molar-refractivity contribution in [1.29, 1.82) is 5.26 Å². The average molecular weight is 365 g/mol. The molecule has 0 saturated carbocycles. The van der Waals surface area contributed by atoms with Gasteiger partial charge in [-0.3, -0.25) is 9.59 Å². The maximum absolute atomic E-state index is 12.4. The van der Waals surface area contributed by atoms with Crippen LogP contribution < -0.4 is 20.1 Å². The lowest BCUT2D eigenvalue weighted by molar-refractivity contribution is -0.114. The molecule has 0 bridgehead atoms. The first-order chi connectivity index (χ1) is 13.0. The lowest BCUT2D eigenvalue weighted by Gasteiger charge is -2.10. The second kappa shape index (κ2) is 9.06. The number of carbonyl (C=O) groups is 2. The summed E-state index contributed by atoms with van der Waals surface area (Å²) in [6.07, 6.45) is 1.47. The molecule has 2 aromatic rings. The maximum Gasteiger partial charge on any atom is 0.266 e. The predicted octanol–water partition coefficient (Wildman–Crippen LogP) is 3.21. The van der Waals surface area contributed by atoms with Crippen LogP contribution in [0, 0.1) is 11.3 Å². The zero-order chi connectivity index (χ0) is 19.8. The van der Waals surface area contributed by atoms with Crippen molar-refractivity contribution in [3.8, 4) is 17.6 Å². The Morgan fingerprint density at radius 2 is 1.59 bits per heavy atom. The molecule has 0 aliphatic carbocycles. The zero-order valence-corrected chi connectivity index (χ0v) is 15.2. The quantitative estimate of drug-likeness (QED) is 0.605. The first-order valence-corrected chi connectivity index (χ1v) is 7.99. The van der Waals surface area contributed by atoms with Crippen LogP contribution >= 0.6 is 0 Å². The van der Waals surface area contributed by atoms with Gasteiger partial charge in [0.05, 0.1) is 14.2 Å². The molecule has 0 saturated heterocycles. The van der Waals surface area contributed by atoms with Gasteiger partial charge in [-0.15, -0.1) is 0 Å². The summed E-state index contributed by atoms with van der Waals surface area (Å²) < 4.78 is 10.3. The third kappa shape index (κ3) is 5.34. The van der Waals surface area contributed by atoms with E-state index in [9.17, 15) is 14.9 Å². The molecule has 2 amide bonds. The Bertz CT molecular complexity index is 912. The van der Waals surface area contributed by atoms with Gasteiger partial charge in [-0.05, 0) is 35.9 Å². The average Bonchev–Trinajstić information content (AvgIpc) is 2.66. The molecule has 0 heterocycles. The highest BCUT2D eigenvalue weighted by Gasteiger charge is 2.12. The fourth-order valence-corrected chi connectivity index (χ4v) is 2.29. The van der Waals surface area contributed by atoms with Crippen molar-refractivity contribution in [2.45, 2.75) is 6.92 Å². The number of ether oxygens (including phenoxy) is 2. The monoisotopic (exact) mass is 365 g/mol. The first kappa shape index (κ1) is 19.5. The standard InChI is InChI=1S/C20H19N3O4/c1-13(24)22-16-6-4-14(5-7-16)10-15(12-21)20(25)23-17-8-9-18(26-2)19(11-17)27-3/h4-11H,1-3H3,(H,22,24)(H,23,25)/b15-10-. The maximum atomic E-state index is 12.4. The molecule has 2 aromatic carbocycles. The van der Waals surface area contributed by atoms with Crippen LogP contribution in [0.4, 0.5) is 11.4 Å². The fraction of sp³-hybridized carbons (Fsp3) is 0.150. The Morgan fingerprint density at radius 3 is 2.15 bits per heavy atom. The normalized spacial score (nSPS) is 10.5. The predicted molar refractivity (Wildman–Crippen MR) is 103 cm³/mol. The number of nitriles is 1. The van der Waals surface area contributed by atoms with E-state index in [1.807, 2.05) is 6.07 Å². The molecule has 0 atom stereocenters. The molecule has 7 nitrogen and oxygen atoms in total. The van der Waals surface area contributed by atoms with E-state index in [-0.39, 0.29) is 11.5 Å². The van der Waals surface area contributed by atoms with Gasteiger partial charge in [0.15, 0.2) is 11.5 Å². The molecule has 0 aromatic heterocycles. The van der Waals surface area contributed by atoms with Crippen molar-refractivity contribution in [3.05, 3.63) is 53.6 Å². The summed E-state index contributed by atoms with van der Waals surface area (Å²) in [5.74, 6) is 0.276. The number of benzene rings is 2. The van der Waals surface area contributed by atoms with Crippen LogP contribution in [0.15, 0.2) is 48.0 Å². The number of nitrogens with zero attached hydrogens (tertiary/aromatic N) is 1. The van der Waals surface area contributed by atoms with Gasteiger partial charge in [-0.2, -0.15) is 5.26 Å². The van der Waals surface area contributed by atoms with E-state index < -0.39 is 5.91 Å². The number of rotatable bonds is 6. The minimum Gasteiger partial charge on any atom is -0.493 e. The number of methoxy groups -OCH3 is 2. The first-order valence-electron chi connectivity index (χ1n) is 7.99. The van der Waals surface area contributed by atoms with Crippen molar-refractivity contribution in [1.82, 2.24) is 0 Å². The van der Waals surface area contributed by atoms with Crippen molar-refractivity contribution < 1.29 is 19.1 Å². The Balaban J connectivity index is 2.17. The van der Waals surface area contributed by atoms with Gasteiger partial charge in [-0.1, -0.05) is 12.1 Å². The molecule has 0 fully saturated rings. The molecule has 0 unspecified atom stereocenters. The summed E-state index contributed by atoms with van der Waals surface area (Å²) in [6, 6.07) is 13.6. The number of hydrogen-bond donors (Lipinski definition) is 2. The largest absolute Gasteiger partial charge is 0.493 e. The van der Waals surface area contributed by atoms with Gasteiger partial charge in [0, 0.05) is 24.4 Å². The third-order valence-corrected chi connectivity index (χ3v) is 3.55. The van der Waals surface area contributed by atoms with Crippen LogP contribution in [0.1, 0.15) is 12.5 Å². The molecule has 27 heavy (non-hydrogen) atoms. The molecule has 138 valence electrons. The molecule has 7 heteroatoms. The second-order valence-corrected chi connectivity index (χ2v) is 5.50. The smallest absolute Gasteiger partial charge is 0.266 e. The minimum absolute atomic E-state index is 0.0583. The summed E-state index contributed by atoms with van der Waals surface area (Å²) in [4.78, 5) is 23.4. The number of nitrogens with one attached hydrogen (secondary N) is 2. The molecule has 2 N–H and O–H groups in total. The van der Waals surface area contributed by atoms with E-state index in [4.69, 9.17) is 9.47 Å². The zero-order valence-electron chi connectivity index (χ0n) is 15.2. The second-order valence-electron chi connectivity index (χ2n) is 5.50. The number of hydrogen-bond acceptors (Lipinski definition) is 5. The third-order valence-electron chi connectivity index (χ3n) is 3.55. The van der Waals surface area contributed by atoms with Crippen LogP contribution in [0.3, 0.4) is 0 Å². The Morgan fingerprint density at radius 1 is 0.963 bits per heavy atom. The van der Waals surface area contributed by atoms with E-state index >= 15 is 0 Å². The fourth-order valence-electron chi connectivity index (χ4n) is 2.29. The van der Waals surface area contributed by atoms with Crippen LogP contribution in [-0.4, -0.2) is 26.0 Å². The number of carbonyl (C=O) groups excluding carboxylic acids is 2. The summed E-state index contributed by atoms with van der Waals surface area (Å²) in [6.45, 7) is 1.42. The highest BCUT2D eigenvalue weighted by Crippen LogP contribution is 2.29. The Hall–Kier alpha value is -3.79. The van der Waals surface area contributed by atoms with E-state index in [2.05, 4.69) is 10.6 Å². The van der Waals surface area contributed by atoms with Gasteiger partial charge < -0.3 is 20.1 Å². The lowest BCUT2D eigenvalue weighted by Crippen LogP contribution is -2.13. The van der Waals surface area contributed by atoms with E-state index in [0.29, 0.717) is 28.4 Å². The minimum atomic E-state index is -0.546. The molecule has 0 spiro atoms. The van der Waals surface area contributed by atoms with Gasteiger partial charge in [0.25, 0.3) is 5.91 Å². The molecule has 0 radical (unpaired) electrons. The summed E-state index contributed by atoms with van der Waals surface area (Å²) in [5.41, 5.74) is 1.70. The molecule has 0 aliphatic rings. The van der Waals surface area contributed by atoms with E-state index in [1.165, 1.54) is 27.2 Å². The van der Waals surface area contributed by atoms with Crippen LogP contribution in [0.25, 0.3) is 6.08 Å². The van der Waals surface area contributed by atoms with Crippen LogP contribution in [0.5, 0.6) is 11.5 Å². The Kier molecular flexibility index (Phi) is 6.55. The molecule has 2 rings (SSSR count). The highest BCUT2D eigenvalue weighted by molar-refractivity contribution is 6.09. The number of anilines is 2. The van der Waals surface area contributed by atoms with E-state index in [0.717, 1.165) is 0 Å². The summed E-state index contributed by atoms with van der Waals surface area (Å²) >= 11 is 0. The van der Waals surface area contributed by atoms with Crippen molar-refractivity contribution in [3.63, 3.8) is 0 Å². The van der Waals surface area contributed by atoms with E-state index in [1.54, 1.807) is 42.5 Å². The van der Waals surface area contributed by atoms with Gasteiger partial charge in [-0.25, -0.2) is 0 Å². The van der Waals surface area contributed by atoms with Gasteiger partial charge >= 0.3 is 0 Å². The van der Waals surface area contributed by atoms with Crippen molar-refractivity contribution in [2.75, 3.05) is 24.9 Å². The molecule has 0 aliphatic heterocycles. The molecular formula is C20H19N3O4. The molecular weight excluding hydrogens is 346 g/mol. The topological polar surface area (TPSA) is 100 Å². The summed E-state index contributed by atoms with van der Waals surface area (Å²) in [5, 5.41) is 14.6. The number of amides is 2. The van der Waals surface area contributed by atoms with Crippen molar-refractivity contribution in [2.24, 2.45) is 0 Å². The van der Waals surface area contributed by atoms with Crippen LogP contribution in [-0.2, 0) is 9.59 Å². The lowest BCUT2D eigenvalue weighted by atomic mass is 10.1. The van der Waals surface area contributed by atoms with Crippen molar-refractivity contribution >= 4 is 29.3 Å². The van der Waals surface area contributed by atoms with Crippen LogP contribution in [0.2, 0.25) is 0 Å². The highest BCUT2D eigenvalue weighted by atomic mass is 16.5. The SMILES string of the molecule is COc1ccc(NC(=O)/C(C#N)=C\c2ccc(NC(C)=O)cc2)cc1OC. The Labute approximate surface area is 157 Å².